The van der Waals surface area contributed by atoms with Gasteiger partial charge in [0.05, 0.1) is 17.4 Å². The van der Waals surface area contributed by atoms with Crippen LogP contribution in [0.15, 0.2) is 41.4 Å². The zero-order valence-electron chi connectivity index (χ0n) is 17.7. The first-order chi connectivity index (χ1) is 14.9. The Morgan fingerprint density at radius 3 is 2.87 bits per heavy atom. The molecule has 1 atom stereocenters. The lowest BCUT2D eigenvalue weighted by Gasteiger charge is -2.19. The number of fused-ring (bicyclic) bond motifs is 2. The number of carbonyl (C=O) groups excluding carboxylic acids is 1. The quantitative estimate of drug-likeness (QED) is 0.610. The van der Waals surface area contributed by atoms with Crippen LogP contribution in [0.25, 0.3) is 11.2 Å². The molecular formula is C22H25N5O3S. The molecule has 2 aliphatic heterocycles. The Hall–Kier alpha value is -2.78. The highest BCUT2D eigenvalue weighted by atomic mass is 32.2. The highest BCUT2D eigenvalue weighted by Gasteiger charge is 2.36. The molecule has 0 radical (unpaired) electrons. The number of rotatable bonds is 5. The number of imidazole rings is 1. The van der Waals surface area contributed by atoms with Crippen LogP contribution in [0.4, 0.5) is 5.69 Å². The minimum absolute atomic E-state index is 0.00152. The van der Waals surface area contributed by atoms with Gasteiger partial charge in [0.1, 0.15) is 11.3 Å². The van der Waals surface area contributed by atoms with Crippen LogP contribution in [0.1, 0.15) is 37.2 Å². The molecule has 3 aromatic rings. The van der Waals surface area contributed by atoms with Crippen LogP contribution in [0, 0.1) is 0 Å². The van der Waals surface area contributed by atoms with Crippen LogP contribution in [-0.4, -0.2) is 53.3 Å². The number of aryl methyl sites for hydroxylation is 1. The monoisotopic (exact) mass is 439 g/mol. The highest BCUT2D eigenvalue weighted by molar-refractivity contribution is 7.89. The molecule has 0 saturated carbocycles. The van der Waals surface area contributed by atoms with Gasteiger partial charge in [-0.2, -0.15) is 4.31 Å². The maximum atomic E-state index is 13.4. The molecule has 0 bridgehead atoms. The van der Waals surface area contributed by atoms with Crippen LogP contribution in [0.3, 0.4) is 0 Å². The third-order valence-corrected chi connectivity index (χ3v) is 8.11. The second-order valence-electron chi connectivity index (χ2n) is 8.22. The number of hydrogen-bond acceptors (Lipinski definition) is 5. The molecule has 5 rings (SSSR count). The second kappa shape index (κ2) is 7.42. The third kappa shape index (κ3) is 3.23. The molecule has 162 valence electrons. The van der Waals surface area contributed by atoms with Gasteiger partial charge >= 0.3 is 0 Å². The molecule has 2 aromatic heterocycles. The first-order valence-corrected chi connectivity index (χ1v) is 12.1. The van der Waals surface area contributed by atoms with Crippen molar-refractivity contribution in [3.8, 4) is 0 Å². The number of anilines is 1. The lowest BCUT2D eigenvalue weighted by atomic mass is 10.2. The Morgan fingerprint density at radius 1 is 1.23 bits per heavy atom. The molecule has 0 unspecified atom stereocenters. The Labute approximate surface area is 181 Å². The van der Waals surface area contributed by atoms with Crippen LogP contribution < -0.4 is 4.90 Å². The van der Waals surface area contributed by atoms with Crippen LogP contribution in [0.5, 0.6) is 0 Å². The predicted octanol–water partition coefficient (Wildman–Crippen LogP) is 2.54. The fraction of sp³-hybridized carbons (Fsp3) is 0.409. The maximum absolute atomic E-state index is 13.4. The summed E-state index contributed by atoms with van der Waals surface area (Å²) in [6, 6.07) is 8.80. The van der Waals surface area contributed by atoms with Crippen molar-refractivity contribution in [1.29, 1.82) is 0 Å². The zero-order valence-corrected chi connectivity index (χ0v) is 18.5. The molecule has 2 aliphatic rings. The molecule has 8 nitrogen and oxygen atoms in total. The molecular weight excluding hydrogens is 414 g/mol. The fourth-order valence-electron chi connectivity index (χ4n) is 4.66. The molecule has 31 heavy (non-hydrogen) atoms. The van der Waals surface area contributed by atoms with Crippen molar-refractivity contribution in [2.24, 2.45) is 0 Å². The average molecular weight is 440 g/mol. The van der Waals surface area contributed by atoms with Crippen molar-refractivity contribution >= 4 is 32.8 Å². The van der Waals surface area contributed by atoms with Gasteiger partial charge in [0, 0.05) is 38.4 Å². The molecule has 0 spiro atoms. The summed E-state index contributed by atoms with van der Waals surface area (Å²) in [4.78, 5) is 23.1. The highest BCUT2D eigenvalue weighted by Crippen LogP contribution is 2.34. The molecule has 1 fully saturated rings. The first-order valence-electron chi connectivity index (χ1n) is 10.6. The van der Waals surface area contributed by atoms with Crippen molar-refractivity contribution in [1.82, 2.24) is 18.8 Å². The van der Waals surface area contributed by atoms with E-state index in [9.17, 15) is 13.2 Å². The van der Waals surface area contributed by atoms with Gasteiger partial charge in [0.15, 0.2) is 5.65 Å². The molecule has 1 amide bonds. The normalized spacial score (nSPS) is 19.5. The second-order valence-corrected chi connectivity index (χ2v) is 10.2. The predicted molar refractivity (Wildman–Crippen MR) is 117 cm³/mol. The molecule has 0 N–H and O–H groups in total. The number of sulfonamides is 1. The number of aromatic nitrogens is 3. The van der Waals surface area contributed by atoms with Crippen LogP contribution >= 0.6 is 0 Å². The van der Waals surface area contributed by atoms with Crippen molar-refractivity contribution in [3.05, 3.63) is 47.9 Å². The maximum Gasteiger partial charge on any atom is 0.243 e. The summed E-state index contributed by atoms with van der Waals surface area (Å²) in [7, 11) is -1.94. The third-order valence-electron chi connectivity index (χ3n) is 6.25. The van der Waals surface area contributed by atoms with E-state index in [0.717, 1.165) is 41.1 Å². The number of amides is 1. The molecule has 1 saturated heterocycles. The zero-order chi connectivity index (χ0) is 21.8. The van der Waals surface area contributed by atoms with Crippen LogP contribution in [-0.2, 0) is 27.7 Å². The molecule has 1 aromatic carbocycles. The lowest BCUT2D eigenvalue weighted by molar-refractivity contribution is -0.117. The van der Waals surface area contributed by atoms with Crippen LogP contribution in [0.2, 0.25) is 0 Å². The van der Waals surface area contributed by atoms with Gasteiger partial charge in [-0.3, -0.25) is 4.79 Å². The van der Waals surface area contributed by atoms with Gasteiger partial charge in [0.2, 0.25) is 15.9 Å². The lowest BCUT2D eigenvalue weighted by Crippen LogP contribution is -2.29. The van der Waals surface area contributed by atoms with E-state index < -0.39 is 10.0 Å². The molecule has 0 aliphatic carbocycles. The smallest absolute Gasteiger partial charge is 0.243 e. The van der Waals surface area contributed by atoms with Gasteiger partial charge in [-0.15, -0.1) is 0 Å². The van der Waals surface area contributed by atoms with Gasteiger partial charge in [-0.05, 0) is 48.7 Å². The van der Waals surface area contributed by atoms with E-state index in [4.69, 9.17) is 4.98 Å². The van der Waals surface area contributed by atoms with E-state index in [-0.39, 0.29) is 23.3 Å². The standard InChI is InChI=1S/C22H25N5O3S/c1-3-5-20-24-18-6-4-10-23-22(18)27(20)16-9-11-26(14-16)31(29,30)17-7-8-19-15(12-17)13-21(28)25(19)2/h4,6-8,10,12,16H,3,5,9,11,13-14H2,1-2H3/t16-/m1/s1. The summed E-state index contributed by atoms with van der Waals surface area (Å²) < 4.78 is 30.4. The Kier molecular flexibility index (Phi) is 4.82. The number of hydrogen-bond donors (Lipinski definition) is 0. The molecule has 4 heterocycles. The van der Waals surface area contributed by atoms with Gasteiger partial charge in [-0.1, -0.05) is 6.92 Å². The SMILES string of the molecule is CCCc1nc2cccnc2n1[C@@H]1CCN(S(=O)(=O)c2ccc3c(c2)CC(=O)N3C)C1. The minimum Gasteiger partial charge on any atom is -0.315 e. The van der Waals surface area contributed by atoms with Gasteiger partial charge in [-0.25, -0.2) is 18.4 Å². The molecule has 9 heteroatoms. The van der Waals surface area contributed by atoms with Gasteiger partial charge < -0.3 is 9.47 Å². The fourth-order valence-corrected chi connectivity index (χ4v) is 6.20. The van der Waals surface area contributed by atoms with Crippen molar-refractivity contribution in [2.45, 2.75) is 43.5 Å². The van der Waals surface area contributed by atoms with E-state index in [1.165, 1.54) is 0 Å². The van der Waals surface area contributed by atoms with E-state index in [1.807, 2.05) is 12.1 Å². The number of nitrogens with zero attached hydrogens (tertiary/aromatic N) is 5. The number of likely N-dealkylation sites (N-methyl/N-ethyl adjacent to an activating group) is 1. The van der Waals surface area contributed by atoms with E-state index >= 15 is 0 Å². The van der Waals surface area contributed by atoms with E-state index in [2.05, 4.69) is 16.5 Å². The van der Waals surface area contributed by atoms with E-state index in [1.54, 1.807) is 40.6 Å². The largest absolute Gasteiger partial charge is 0.315 e. The average Bonchev–Trinajstić information content (AvgIpc) is 3.44. The topological polar surface area (TPSA) is 88.4 Å². The van der Waals surface area contributed by atoms with Crippen molar-refractivity contribution < 1.29 is 13.2 Å². The van der Waals surface area contributed by atoms with E-state index in [0.29, 0.717) is 19.5 Å². The summed E-state index contributed by atoms with van der Waals surface area (Å²) in [5, 5.41) is 0. The van der Waals surface area contributed by atoms with Crippen molar-refractivity contribution in [3.63, 3.8) is 0 Å². The first kappa shape index (κ1) is 20.1. The summed E-state index contributed by atoms with van der Waals surface area (Å²) >= 11 is 0. The Balaban J connectivity index is 1.45. The number of carbonyl (C=O) groups is 1. The summed E-state index contributed by atoms with van der Waals surface area (Å²) in [6.45, 7) is 2.94. The summed E-state index contributed by atoms with van der Waals surface area (Å²) in [5.41, 5.74) is 3.21. The summed E-state index contributed by atoms with van der Waals surface area (Å²) in [6.07, 6.45) is 4.49. The van der Waals surface area contributed by atoms with Gasteiger partial charge in [0.25, 0.3) is 0 Å². The Bertz CT molecular complexity index is 1280. The Morgan fingerprint density at radius 2 is 2.06 bits per heavy atom. The number of benzene rings is 1. The van der Waals surface area contributed by atoms with Crippen molar-refractivity contribution in [2.75, 3.05) is 25.0 Å². The summed E-state index contributed by atoms with van der Waals surface area (Å²) in [5.74, 6) is 0.938. The minimum atomic E-state index is -3.65. The number of pyridine rings is 1.